The summed E-state index contributed by atoms with van der Waals surface area (Å²) >= 11 is 0. The number of nitrogens with zero attached hydrogens (tertiary/aromatic N) is 1. The highest BCUT2D eigenvalue weighted by atomic mass is 35.5. The zero-order chi connectivity index (χ0) is 12.4. The van der Waals surface area contributed by atoms with E-state index in [9.17, 15) is 4.79 Å². The molecule has 3 rings (SSSR count). The summed E-state index contributed by atoms with van der Waals surface area (Å²) in [6.45, 7) is 6.24. The summed E-state index contributed by atoms with van der Waals surface area (Å²) in [6, 6.07) is 0. The van der Waals surface area contributed by atoms with Crippen molar-refractivity contribution in [1.29, 1.82) is 0 Å². The minimum Gasteiger partial charge on any atom is -0.355 e. The molecule has 4 nitrogen and oxygen atoms in total. The van der Waals surface area contributed by atoms with Crippen LogP contribution < -0.4 is 10.6 Å². The van der Waals surface area contributed by atoms with Crippen molar-refractivity contribution >= 4 is 18.3 Å². The second-order valence-corrected chi connectivity index (χ2v) is 6.02. The molecule has 1 saturated heterocycles. The summed E-state index contributed by atoms with van der Waals surface area (Å²) in [4.78, 5) is 14.5. The fourth-order valence-electron chi connectivity index (χ4n) is 3.77. The number of piperazine rings is 1. The van der Waals surface area contributed by atoms with E-state index in [0.29, 0.717) is 11.8 Å². The Balaban J connectivity index is 0.00000133. The Kier molecular flexibility index (Phi) is 5.48. The summed E-state index contributed by atoms with van der Waals surface area (Å²) in [5, 5.41) is 6.49. The van der Waals surface area contributed by atoms with Gasteiger partial charge in [0, 0.05) is 45.2 Å². The van der Waals surface area contributed by atoms with Gasteiger partial charge in [-0.3, -0.25) is 9.69 Å². The molecule has 2 atom stereocenters. The van der Waals surface area contributed by atoms with E-state index in [-0.39, 0.29) is 12.4 Å². The van der Waals surface area contributed by atoms with Crippen LogP contribution in [-0.4, -0.2) is 50.1 Å². The van der Waals surface area contributed by atoms with Gasteiger partial charge in [0.1, 0.15) is 0 Å². The number of nitrogens with one attached hydrogen (secondary N) is 2. The third-order valence-corrected chi connectivity index (χ3v) is 4.90. The Bertz CT molecular complexity index is 295. The predicted molar refractivity (Wildman–Crippen MR) is 78.5 cm³/mol. The number of hydrogen-bond donors (Lipinski definition) is 2. The van der Waals surface area contributed by atoms with Crippen molar-refractivity contribution in [2.75, 3.05) is 39.3 Å². The maximum atomic E-state index is 12.1. The molecule has 0 aromatic heterocycles. The maximum Gasteiger partial charge on any atom is 0.223 e. The molecule has 1 aliphatic heterocycles. The van der Waals surface area contributed by atoms with E-state index in [4.69, 9.17) is 0 Å². The molecule has 0 spiro atoms. The fourth-order valence-corrected chi connectivity index (χ4v) is 3.77. The van der Waals surface area contributed by atoms with Gasteiger partial charge in [0.05, 0.1) is 0 Å². The van der Waals surface area contributed by atoms with Crippen LogP contribution in [0, 0.1) is 17.8 Å². The van der Waals surface area contributed by atoms with Crippen molar-refractivity contribution < 1.29 is 4.79 Å². The fraction of sp³-hybridized carbons (Fsp3) is 0.929. The number of fused-ring (bicyclic) bond motifs is 1. The molecule has 1 amide bonds. The Morgan fingerprint density at radius 3 is 2.42 bits per heavy atom. The zero-order valence-electron chi connectivity index (χ0n) is 11.6. The summed E-state index contributed by atoms with van der Waals surface area (Å²) < 4.78 is 0. The van der Waals surface area contributed by atoms with Crippen LogP contribution >= 0.6 is 12.4 Å². The van der Waals surface area contributed by atoms with Crippen molar-refractivity contribution in [1.82, 2.24) is 15.5 Å². The molecular weight excluding hydrogens is 262 g/mol. The van der Waals surface area contributed by atoms with Crippen LogP contribution in [0.25, 0.3) is 0 Å². The molecular formula is C14H26ClN3O. The lowest BCUT2D eigenvalue weighted by Crippen LogP contribution is -2.46. The first kappa shape index (κ1) is 15.1. The SMILES string of the molecule is Cl.O=C(NCCN1CCNCC1)C1C2CCCCC21. The maximum absolute atomic E-state index is 12.1. The van der Waals surface area contributed by atoms with Gasteiger partial charge in [-0.05, 0) is 24.7 Å². The number of hydrogen-bond acceptors (Lipinski definition) is 3. The quantitative estimate of drug-likeness (QED) is 0.806. The Morgan fingerprint density at radius 2 is 1.79 bits per heavy atom. The summed E-state index contributed by atoms with van der Waals surface area (Å²) in [5.74, 6) is 2.17. The third-order valence-electron chi connectivity index (χ3n) is 4.90. The van der Waals surface area contributed by atoms with Crippen LogP contribution in [0.4, 0.5) is 0 Å². The molecule has 3 aliphatic rings. The van der Waals surface area contributed by atoms with Crippen LogP contribution in [-0.2, 0) is 4.79 Å². The number of carbonyl (C=O) groups excluding carboxylic acids is 1. The topological polar surface area (TPSA) is 44.4 Å². The Morgan fingerprint density at radius 1 is 1.16 bits per heavy atom. The van der Waals surface area contributed by atoms with Gasteiger partial charge in [0.15, 0.2) is 0 Å². The first-order valence-electron chi connectivity index (χ1n) is 7.57. The monoisotopic (exact) mass is 287 g/mol. The van der Waals surface area contributed by atoms with E-state index in [1.807, 2.05) is 0 Å². The molecule has 0 bridgehead atoms. The molecule has 2 N–H and O–H groups in total. The highest BCUT2D eigenvalue weighted by Crippen LogP contribution is 2.55. The molecule has 0 radical (unpaired) electrons. The Hall–Kier alpha value is -0.320. The van der Waals surface area contributed by atoms with Crippen LogP contribution in [0.3, 0.4) is 0 Å². The highest BCUT2D eigenvalue weighted by Gasteiger charge is 2.54. The van der Waals surface area contributed by atoms with Gasteiger partial charge in [-0.25, -0.2) is 0 Å². The van der Waals surface area contributed by atoms with Crippen LogP contribution in [0.5, 0.6) is 0 Å². The van der Waals surface area contributed by atoms with E-state index < -0.39 is 0 Å². The average Bonchev–Trinajstić information content (AvgIpc) is 3.14. The molecule has 19 heavy (non-hydrogen) atoms. The number of halogens is 1. The van der Waals surface area contributed by atoms with E-state index in [1.165, 1.54) is 25.7 Å². The normalized spacial score (nSPS) is 34.0. The minimum atomic E-state index is 0. The van der Waals surface area contributed by atoms with E-state index in [2.05, 4.69) is 15.5 Å². The van der Waals surface area contributed by atoms with Gasteiger partial charge in [-0.2, -0.15) is 0 Å². The van der Waals surface area contributed by atoms with Crippen LogP contribution in [0.2, 0.25) is 0 Å². The molecule has 3 fully saturated rings. The van der Waals surface area contributed by atoms with Crippen molar-refractivity contribution in [2.24, 2.45) is 17.8 Å². The molecule has 5 heteroatoms. The lowest BCUT2D eigenvalue weighted by molar-refractivity contribution is -0.122. The van der Waals surface area contributed by atoms with E-state index in [1.54, 1.807) is 0 Å². The van der Waals surface area contributed by atoms with Gasteiger partial charge in [-0.15, -0.1) is 12.4 Å². The van der Waals surface area contributed by atoms with Crippen LogP contribution in [0.1, 0.15) is 25.7 Å². The lowest BCUT2D eigenvalue weighted by atomic mass is 10.0. The second-order valence-electron chi connectivity index (χ2n) is 6.02. The smallest absolute Gasteiger partial charge is 0.223 e. The standard InChI is InChI=1S/C14H25N3O.ClH/c18-14(13-11-3-1-2-4-12(11)13)16-7-10-17-8-5-15-6-9-17;/h11-13,15H,1-10H2,(H,16,18);1H. The van der Waals surface area contributed by atoms with Crippen molar-refractivity contribution in [3.63, 3.8) is 0 Å². The highest BCUT2D eigenvalue weighted by molar-refractivity contribution is 5.85. The van der Waals surface area contributed by atoms with E-state index in [0.717, 1.165) is 51.1 Å². The van der Waals surface area contributed by atoms with Gasteiger partial charge in [0.2, 0.25) is 5.91 Å². The third kappa shape index (κ3) is 3.61. The van der Waals surface area contributed by atoms with Gasteiger partial charge in [0.25, 0.3) is 0 Å². The second kappa shape index (κ2) is 6.91. The van der Waals surface area contributed by atoms with E-state index >= 15 is 0 Å². The van der Waals surface area contributed by atoms with Crippen LogP contribution in [0.15, 0.2) is 0 Å². The largest absolute Gasteiger partial charge is 0.355 e. The first-order valence-corrected chi connectivity index (χ1v) is 7.57. The predicted octanol–water partition coefficient (Wildman–Crippen LogP) is 0.866. The molecule has 2 aliphatic carbocycles. The first-order chi connectivity index (χ1) is 8.86. The summed E-state index contributed by atoms with van der Waals surface area (Å²) in [5.41, 5.74) is 0. The number of carbonyl (C=O) groups is 1. The van der Waals surface area contributed by atoms with Crippen molar-refractivity contribution in [3.05, 3.63) is 0 Å². The molecule has 1 heterocycles. The molecule has 2 saturated carbocycles. The molecule has 0 aromatic rings. The average molecular weight is 288 g/mol. The number of amides is 1. The molecule has 0 aromatic carbocycles. The van der Waals surface area contributed by atoms with Crippen molar-refractivity contribution in [2.45, 2.75) is 25.7 Å². The summed E-state index contributed by atoms with van der Waals surface area (Å²) in [6.07, 6.45) is 5.26. The molecule has 2 unspecified atom stereocenters. The number of rotatable bonds is 4. The van der Waals surface area contributed by atoms with Gasteiger partial charge < -0.3 is 10.6 Å². The summed E-state index contributed by atoms with van der Waals surface area (Å²) in [7, 11) is 0. The van der Waals surface area contributed by atoms with Gasteiger partial charge in [-0.1, -0.05) is 12.8 Å². The van der Waals surface area contributed by atoms with Crippen molar-refractivity contribution in [3.8, 4) is 0 Å². The molecule has 110 valence electrons. The Labute approximate surface area is 122 Å². The zero-order valence-corrected chi connectivity index (χ0v) is 12.4. The minimum absolute atomic E-state index is 0. The van der Waals surface area contributed by atoms with Gasteiger partial charge >= 0.3 is 0 Å². The lowest BCUT2D eigenvalue weighted by Gasteiger charge is -2.27.